The first kappa shape index (κ1) is 15.1. The molecule has 1 aromatic rings. The maximum Gasteiger partial charge on any atom is 0.185 e. The van der Waals surface area contributed by atoms with Crippen molar-refractivity contribution in [2.75, 3.05) is 5.75 Å². The summed E-state index contributed by atoms with van der Waals surface area (Å²) in [5.41, 5.74) is 1.44. The topological polar surface area (TPSA) is 20.3 Å². The third-order valence-electron chi connectivity index (χ3n) is 4.95. The zero-order valence-corrected chi connectivity index (χ0v) is 13.6. The van der Waals surface area contributed by atoms with Crippen LogP contribution in [0.3, 0.4) is 0 Å². The molecule has 0 aromatic heterocycles. The Bertz CT molecular complexity index is 461. The molecule has 2 saturated heterocycles. The Kier molecular flexibility index (Phi) is 5.02. The predicted molar refractivity (Wildman–Crippen MR) is 89.3 cm³/mol. The van der Waals surface area contributed by atoms with Crippen LogP contribution in [-0.4, -0.2) is 27.9 Å². The summed E-state index contributed by atoms with van der Waals surface area (Å²) in [4.78, 5) is 13.9. The minimum atomic E-state index is 0.270. The van der Waals surface area contributed by atoms with Gasteiger partial charge < -0.3 is 0 Å². The van der Waals surface area contributed by atoms with E-state index in [0.717, 1.165) is 30.3 Å². The van der Waals surface area contributed by atoms with Crippen molar-refractivity contribution in [1.82, 2.24) is 4.90 Å². The number of rotatable bonds is 4. The van der Waals surface area contributed by atoms with E-state index >= 15 is 0 Å². The molecule has 2 atom stereocenters. The zero-order chi connectivity index (χ0) is 14.7. The number of fused-ring (bicyclic) bond motifs is 2. The average Bonchev–Trinajstić information content (AvgIpc) is 2.46. The smallest absolute Gasteiger partial charge is 0.185 e. The number of piperidine rings is 2. The van der Waals surface area contributed by atoms with Crippen molar-refractivity contribution in [3.63, 3.8) is 0 Å². The van der Waals surface area contributed by atoms with Crippen LogP contribution in [0.4, 0.5) is 0 Å². The van der Waals surface area contributed by atoms with E-state index in [4.69, 9.17) is 0 Å². The van der Waals surface area contributed by atoms with Crippen LogP contribution in [-0.2, 0) is 11.3 Å². The molecule has 114 valence electrons. The molecule has 2 heterocycles. The van der Waals surface area contributed by atoms with Gasteiger partial charge in [0.05, 0.1) is 0 Å². The number of hydrogen-bond acceptors (Lipinski definition) is 3. The van der Waals surface area contributed by atoms with Crippen molar-refractivity contribution in [3.05, 3.63) is 35.9 Å². The van der Waals surface area contributed by atoms with Crippen LogP contribution < -0.4 is 0 Å². The van der Waals surface area contributed by atoms with Gasteiger partial charge in [-0.25, -0.2) is 0 Å². The van der Waals surface area contributed by atoms with Crippen LogP contribution in [0.5, 0.6) is 0 Å². The molecule has 2 nitrogen and oxygen atoms in total. The molecule has 0 radical (unpaired) electrons. The molecule has 2 aliphatic rings. The molecular weight excluding hydrogens is 278 g/mol. The Labute approximate surface area is 132 Å². The Morgan fingerprint density at radius 3 is 2.48 bits per heavy atom. The molecule has 1 aromatic carbocycles. The van der Waals surface area contributed by atoms with Crippen molar-refractivity contribution in [2.45, 2.75) is 57.7 Å². The second kappa shape index (κ2) is 6.97. The molecule has 0 aliphatic carbocycles. The SMILES string of the molecule is CC(=O)SCC1CC2CCCC(C1)N2Cc1ccccc1. The van der Waals surface area contributed by atoms with Gasteiger partial charge in [0.25, 0.3) is 0 Å². The van der Waals surface area contributed by atoms with Crippen molar-refractivity contribution in [1.29, 1.82) is 0 Å². The molecule has 2 fully saturated rings. The fraction of sp³-hybridized carbons (Fsp3) is 0.611. The summed E-state index contributed by atoms with van der Waals surface area (Å²) in [7, 11) is 0. The first-order valence-electron chi connectivity index (χ1n) is 8.15. The third kappa shape index (κ3) is 3.89. The maximum atomic E-state index is 11.2. The van der Waals surface area contributed by atoms with Crippen LogP contribution in [0.25, 0.3) is 0 Å². The summed E-state index contributed by atoms with van der Waals surface area (Å²) in [5.74, 6) is 1.77. The van der Waals surface area contributed by atoms with Crippen LogP contribution in [0.2, 0.25) is 0 Å². The summed E-state index contributed by atoms with van der Waals surface area (Å²) in [5, 5.41) is 0.270. The second-order valence-electron chi connectivity index (χ2n) is 6.54. The fourth-order valence-electron chi connectivity index (χ4n) is 4.01. The van der Waals surface area contributed by atoms with Gasteiger partial charge in [-0.2, -0.15) is 0 Å². The summed E-state index contributed by atoms with van der Waals surface area (Å²) in [6.45, 7) is 2.79. The third-order valence-corrected chi connectivity index (χ3v) is 6.00. The van der Waals surface area contributed by atoms with Crippen molar-refractivity contribution in [3.8, 4) is 0 Å². The molecule has 3 rings (SSSR count). The Hall–Kier alpha value is -0.800. The lowest BCUT2D eigenvalue weighted by atomic mass is 9.79. The summed E-state index contributed by atoms with van der Waals surface area (Å²) >= 11 is 1.52. The number of benzene rings is 1. The van der Waals surface area contributed by atoms with E-state index in [0.29, 0.717) is 0 Å². The predicted octanol–water partition coefficient (Wildman–Crippen LogP) is 4.10. The van der Waals surface area contributed by atoms with E-state index < -0.39 is 0 Å². The Balaban J connectivity index is 1.63. The molecule has 0 N–H and O–H groups in total. The largest absolute Gasteiger partial charge is 0.293 e. The molecule has 0 saturated carbocycles. The lowest BCUT2D eigenvalue weighted by molar-refractivity contribution is -0.109. The number of hydrogen-bond donors (Lipinski definition) is 0. The van der Waals surface area contributed by atoms with Gasteiger partial charge in [-0.05, 0) is 37.2 Å². The van der Waals surface area contributed by atoms with Crippen LogP contribution in [0.15, 0.2) is 30.3 Å². The Morgan fingerprint density at radius 1 is 1.19 bits per heavy atom. The summed E-state index contributed by atoms with van der Waals surface area (Å²) < 4.78 is 0. The lowest BCUT2D eigenvalue weighted by Crippen LogP contribution is -2.51. The van der Waals surface area contributed by atoms with Gasteiger partial charge in [0.1, 0.15) is 0 Å². The van der Waals surface area contributed by atoms with E-state index in [-0.39, 0.29) is 5.12 Å². The van der Waals surface area contributed by atoms with Gasteiger partial charge in [-0.3, -0.25) is 9.69 Å². The molecule has 2 aliphatic heterocycles. The normalized spacial score (nSPS) is 29.3. The molecule has 0 spiro atoms. The minimum Gasteiger partial charge on any atom is -0.293 e. The van der Waals surface area contributed by atoms with Crippen LogP contribution in [0.1, 0.15) is 44.6 Å². The number of carbonyl (C=O) groups is 1. The van der Waals surface area contributed by atoms with E-state index in [1.165, 1.54) is 49.4 Å². The highest BCUT2D eigenvalue weighted by molar-refractivity contribution is 8.13. The maximum absolute atomic E-state index is 11.2. The van der Waals surface area contributed by atoms with E-state index in [1.54, 1.807) is 6.92 Å². The van der Waals surface area contributed by atoms with Crippen molar-refractivity contribution in [2.24, 2.45) is 5.92 Å². The highest BCUT2D eigenvalue weighted by atomic mass is 32.2. The van der Waals surface area contributed by atoms with E-state index in [9.17, 15) is 4.79 Å². The van der Waals surface area contributed by atoms with Crippen molar-refractivity contribution >= 4 is 16.9 Å². The number of carbonyl (C=O) groups excluding carboxylic acids is 1. The van der Waals surface area contributed by atoms with Gasteiger partial charge in [0.2, 0.25) is 0 Å². The quantitative estimate of drug-likeness (QED) is 0.835. The first-order chi connectivity index (χ1) is 10.2. The van der Waals surface area contributed by atoms with Crippen molar-refractivity contribution < 1.29 is 4.79 Å². The number of thioether (sulfide) groups is 1. The first-order valence-corrected chi connectivity index (χ1v) is 9.14. The minimum absolute atomic E-state index is 0.270. The molecule has 0 amide bonds. The number of nitrogens with zero attached hydrogens (tertiary/aromatic N) is 1. The molecule has 2 bridgehead atoms. The molecular formula is C18H25NOS. The lowest BCUT2D eigenvalue weighted by Gasteiger charge is -2.49. The highest BCUT2D eigenvalue weighted by Gasteiger charge is 2.37. The Morgan fingerprint density at radius 2 is 1.86 bits per heavy atom. The van der Waals surface area contributed by atoms with Gasteiger partial charge in [0, 0.05) is 31.3 Å². The van der Waals surface area contributed by atoms with E-state index in [2.05, 4.69) is 35.2 Å². The van der Waals surface area contributed by atoms with Gasteiger partial charge in [0.15, 0.2) is 5.12 Å². The zero-order valence-electron chi connectivity index (χ0n) is 12.8. The van der Waals surface area contributed by atoms with Gasteiger partial charge >= 0.3 is 0 Å². The van der Waals surface area contributed by atoms with Crippen LogP contribution in [0, 0.1) is 5.92 Å². The second-order valence-corrected chi connectivity index (χ2v) is 7.73. The van der Waals surface area contributed by atoms with Gasteiger partial charge in [-0.15, -0.1) is 0 Å². The fourth-order valence-corrected chi connectivity index (χ4v) is 4.76. The van der Waals surface area contributed by atoms with Gasteiger partial charge in [-0.1, -0.05) is 48.5 Å². The summed E-state index contributed by atoms with van der Waals surface area (Å²) in [6.07, 6.45) is 6.62. The average molecular weight is 303 g/mol. The highest BCUT2D eigenvalue weighted by Crippen LogP contribution is 2.39. The molecule has 2 unspecified atom stereocenters. The summed E-state index contributed by atoms with van der Waals surface area (Å²) in [6, 6.07) is 12.3. The molecule has 3 heteroatoms. The monoisotopic (exact) mass is 303 g/mol. The van der Waals surface area contributed by atoms with Crippen LogP contribution >= 0.6 is 11.8 Å². The van der Waals surface area contributed by atoms with E-state index in [1.807, 2.05) is 0 Å². The standard InChI is InChI=1S/C18H25NOS/c1-14(20)21-13-16-10-17-8-5-9-18(11-16)19(17)12-15-6-3-2-4-7-15/h2-4,6-7,16-18H,5,8-13H2,1H3. The molecule has 21 heavy (non-hydrogen) atoms.